The van der Waals surface area contributed by atoms with Gasteiger partial charge in [0, 0.05) is 26.4 Å². The summed E-state index contributed by atoms with van der Waals surface area (Å²) >= 11 is 19.5. The Morgan fingerprint density at radius 3 is 2.50 bits per heavy atom. The molecule has 0 spiro atoms. The molecule has 4 rings (SSSR count). The molecule has 0 bridgehead atoms. The third kappa shape index (κ3) is 3.78. The Balaban J connectivity index is 1.73. The second-order valence-electron chi connectivity index (χ2n) is 6.07. The fraction of sp³-hybridized carbons (Fsp3) is 0.105. The number of H-pyrrole nitrogens is 1. The molecule has 28 heavy (non-hydrogen) atoms. The normalized spacial score (nSPS) is 11.3. The van der Waals surface area contributed by atoms with E-state index < -0.39 is 0 Å². The fourth-order valence-corrected chi connectivity index (χ4v) is 4.37. The van der Waals surface area contributed by atoms with E-state index in [9.17, 15) is 4.79 Å². The van der Waals surface area contributed by atoms with E-state index in [2.05, 4.69) is 15.1 Å². The van der Waals surface area contributed by atoms with Gasteiger partial charge in [-0.2, -0.15) is 9.61 Å². The van der Waals surface area contributed by atoms with Crippen molar-refractivity contribution in [3.05, 3.63) is 79.3 Å². The Kier molecular flexibility index (Phi) is 5.38. The van der Waals surface area contributed by atoms with Crippen molar-refractivity contribution in [2.75, 3.05) is 0 Å². The maximum Gasteiger partial charge on any atom is 0.350 e. The van der Waals surface area contributed by atoms with E-state index in [1.54, 1.807) is 24.3 Å². The van der Waals surface area contributed by atoms with Crippen LogP contribution >= 0.6 is 46.6 Å². The van der Waals surface area contributed by atoms with Crippen molar-refractivity contribution in [2.24, 2.45) is 0 Å². The lowest BCUT2D eigenvalue weighted by Gasteiger charge is -2.05. The van der Waals surface area contributed by atoms with Crippen LogP contribution in [-0.4, -0.2) is 19.6 Å². The van der Waals surface area contributed by atoms with Gasteiger partial charge in [0.15, 0.2) is 10.8 Å². The highest BCUT2D eigenvalue weighted by Gasteiger charge is 2.16. The van der Waals surface area contributed by atoms with Gasteiger partial charge < -0.3 is 0 Å². The van der Waals surface area contributed by atoms with E-state index in [0.717, 1.165) is 16.7 Å². The van der Waals surface area contributed by atoms with Crippen molar-refractivity contribution in [1.82, 2.24) is 19.6 Å². The first-order chi connectivity index (χ1) is 13.4. The van der Waals surface area contributed by atoms with Crippen molar-refractivity contribution >= 4 is 52.2 Å². The molecule has 0 fully saturated rings. The highest BCUT2D eigenvalue weighted by Crippen LogP contribution is 2.30. The molecule has 0 radical (unpaired) electrons. The summed E-state index contributed by atoms with van der Waals surface area (Å²) in [5.41, 5.74) is 3.46. The molecule has 0 saturated carbocycles. The van der Waals surface area contributed by atoms with Gasteiger partial charge in [0.1, 0.15) is 0 Å². The molecule has 0 saturated heterocycles. The number of nitrogens with zero attached hydrogens (tertiary/aromatic N) is 3. The van der Waals surface area contributed by atoms with E-state index in [0.29, 0.717) is 37.3 Å². The number of hydrogen-bond donors (Lipinski definition) is 1. The first-order valence-corrected chi connectivity index (χ1v) is 10.4. The summed E-state index contributed by atoms with van der Waals surface area (Å²) in [5, 5.41) is 6.60. The number of aromatic nitrogens is 4. The first kappa shape index (κ1) is 19.3. The molecule has 142 valence electrons. The number of nitrogens with one attached hydrogen (secondary N) is 1. The number of benzene rings is 2. The molecule has 0 atom stereocenters. The third-order valence-electron chi connectivity index (χ3n) is 4.16. The van der Waals surface area contributed by atoms with Gasteiger partial charge in [-0.15, -0.1) is 0 Å². The molecule has 0 unspecified atom stereocenters. The third-order valence-corrected chi connectivity index (χ3v) is 5.92. The minimum Gasteiger partial charge on any atom is -0.285 e. The molecule has 2 heterocycles. The maximum absolute atomic E-state index is 12.5. The van der Waals surface area contributed by atoms with Crippen LogP contribution in [-0.2, 0) is 5.75 Å². The minimum atomic E-state index is -0.349. The van der Waals surface area contributed by atoms with Crippen LogP contribution in [0.25, 0.3) is 16.8 Å². The standard InChI is InChI=1S/C19H13Cl3N4OS/c1-10-16(11-2-5-13(20)6-3-11)17-23-18(24-19(27)26(17)25-10)28-9-12-4-7-14(21)8-15(12)22/h2-8H,9H2,1H3,(H,23,24,27). The van der Waals surface area contributed by atoms with Crippen molar-refractivity contribution < 1.29 is 0 Å². The fourth-order valence-electron chi connectivity index (χ4n) is 2.84. The smallest absolute Gasteiger partial charge is 0.285 e. The molecule has 2 aromatic heterocycles. The Morgan fingerprint density at radius 1 is 1.07 bits per heavy atom. The zero-order valence-corrected chi connectivity index (χ0v) is 17.6. The second kappa shape index (κ2) is 7.79. The molecule has 0 aliphatic heterocycles. The number of aromatic amines is 1. The number of aryl methyl sites for hydroxylation is 1. The average Bonchev–Trinajstić information content (AvgIpc) is 2.98. The van der Waals surface area contributed by atoms with Gasteiger partial charge in [0.25, 0.3) is 0 Å². The van der Waals surface area contributed by atoms with Crippen LogP contribution in [0.2, 0.25) is 15.1 Å². The maximum atomic E-state index is 12.5. The average molecular weight is 452 g/mol. The van der Waals surface area contributed by atoms with E-state index in [4.69, 9.17) is 34.8 Å². The predicted molar refractivity (Wildman–Crippen MR) is 115 cm³/mol. The summed E-state index contributed by atoms with van der Waals surface area (Å²) in [5.74, 6) is 0.540. The zero-order chi connectivity index (χ0) is 19.8. The SMILES string of the molecule is Cc1nn2c(=O)[nH]c(SCc3ccc(Cl)cc3Cl)nc2c1-c1ccc(Cl)cc1. The number of thioether (sulfide) groups is 1. The number of hydrogen-bond acceptors (Lipinski definition) is 4. The zero-order valence-electron chi connectivity index (χ0n) is 14.5. The molecule has 4 aromatic rings. The quantitative estimate of drug-likeness (QED) is 0.407. The summed E-state index contributed by atoms with van der Waals surface area (Å²) in [4.78, 5) is 19.9. The lowest BCUT2D eigenvalue weighted by molar-refractivity contribution is 0.780. The van der Waals surface area contributed by atoms with Crippen molar-refractivity contribution in [3.63, 3.8) is 0 Å². The summed E-state index contributed by atoms with van der Waals surface area (Å²) in [6.45, 7) is 1.85. The van der Waals surface area contributed by atoms with Crippen LogP contribution < -0.4 is 5.69 Å². The Bertz CT molecular complexity index is 1230. The van der Waals surface area contributed by atoms with E-state index >= 15 is 0 Å². The topological polar surface area (TPSA) is 63.1 Å². The Labute approximate surface area is 179 Å². The van der Waals surface area contributed by atoms with Gasteiger partial charge in [0.05, 0.1) is 5.69 Å². The lowest BCUT2D eigenvalue weighted by atomic mass is 10.1. The molecule has 2 aromatic carbocycles. The number of halogens is 3. The van der Waals surface area contributed by atoms with Gasteiger partial charge in [-0.1, -0.05) is 64.8 Å². The van der Waals surface area contributed by atoms with Gasteiger partial charge in [-0.3, -0.25) is 4.98 Å². The van der Waals surface area contributed by atoms with Gasteiger partial charge in [0.2, 0.25) is 0 Å². The number of fused-ring (bicyclic) bond motifs is 1. The molecule has 0 aliphatic rings. The van der Waals surface area contributed by atoms with Crippen LogP contribution in [0.5, 0.6) is 0 Å². The highest BCUT2D eigenvalue weighted by molar-refractivity contribution is 7.98. The predicted octanol–water partition coefficient (Wildman–Crippen LogP) is 5.65. The van der Waals surface area contributed by atoms with Crippen molar-refractivity contribution in [3.8, 4) is 11.1 Å². The molecular formula is C19H13Cl3N4OS. The van der Waals surface area contributed by atoms with Crippen LogP contribution in [0.15, 0.2) is 52.4 Å². The van der Waals surface area contributed by atoms with Crippen LogP contribution in [0.4, 0.5) is 0 Å². The number of rotatable bonds is 4. The molecule has 5 nitrogen and oxygen atoms in total. The van der Waals surface area contributed by atoms with E-state index in [-0.39, 0.29) is 5.69 Å². The van der Waals surface area contributed by atoms with Crippen LogP contribution in [0.1, 0.15) is 11.3 Å². The minimum absolute atomic E-state index is 0.349. The van der Waals surface area contributed by atoms with E-state index in [1.807, 2.05) is 25.1 Å². The summed E-state index contributed by atoms with van der Waals surface area (Å²) in [6, 6.07) is 12.7. The Morgan fingerprint density at radius 2 is 1.79 bits per heavy atom. The summed E-state index contributed by atoms with van der Waals surface area (Å²) in [6.07, 6.45) is 0. The van der Waals surface area contributed by atoms with E-state index in [1.165, 1.54) is 16.3 Å². The lowest BCUT2D eigenvalue weighted by Crippen LogP contribution is -2.19. The van der Waals surface area contributed by atoms with Gasteiger partial charge >= 0.3 is 5.69 Å². The second-order valence-corrected chi connectivity index (χ2v) is 8.32. The first-order valence-electron chi connectivity index (χ1n) is 8.24. The molecule has 9 heteroatoms. The van der Waals surface area contributed by atoms with Gasteiger partial charge in [-0.25, -0.2) is 9.78 Å². The van der Waals surface area contributed by atoms with Crippen molar-refractivity contribution in [1.29, 1.82) is 0 Å². The molecule has 0 aliphatic carbocycles. The summed E-state index contributed by atoms with van der Waals surface area (Å²) in [7, 11) is 0. The van der Waals surface area contributed by atoms with Crippen LogP contribution in [0.3, 0.4) is 0 Å². The monoisotopic (exact) mass is 450 g/mol. The molecular weight excluding hydrogens is 439 g/mol. The largest absolute Gasteiger partial charge is 0.350 e. The molecule has 1 N–H and O–H groups in total. The van der Waals surface area contributed by atoms with Crippen molar-refractivity contribution in [2.45, 2.75) is 17.8 Å². The Hall–Kier alpha value is -1.99. The van der Waals surface area contributed by atoms with Gasteiger partial charge in [-0.05, 0) is 42.3 Å². The highest BCUT2D eigenvalue weighted by atomic mass is 35.5. The molecule has 0 amide bonds. The van der Waals surface area contributed by atoms with Crippen LogP contribution in [0, 0.1) is 6.92 Å². The summed E-state index contributed by atoms with van der Waals surface area (Å²) < 4.78 is 1.28.